The number of aromatic carboxylic acids is 1. The smallest absolute Gasteiger partial charge is 0.371 e. The second-order valence-electron chi connectivity index (χ2n) is 4.06. The van der Waals surface area contributed by atoms with Gasteiger partial charge < -0.3 is 20.6 Å². The zero-order valence-electron chi connectivity index (χ0n) is 9.77. The Morgan fingerprint density at radius 2 is 2.12 bits per heavy atom. The molecule has 0 aliphatic rings. The Kier molecular flexibility index (Phi) is 4.28. The average molecular weight is 240 g/mol. The Hall–Kier alpha value is -1.82. The Balaban J connectivity index is 2.50. The first-order valence-electron chi connectivity index (χ1n) is 5.27. The highest BCUT2D eigenvalue weighted by molar-refractivity contribution is 5.84. The van der Waals surface area contributed by atoms with Crippen LogP contribution in [0, 0.1) is 5.92 Å². The third-order valence-corrected chi connectivity index (χ3v) is 2.33. The minimum Gasteiger partial charge on any atom is -0.475 e. The molecule has 0 spiro atoms. The molecule has 0 bridgehead atoms. The van der Waals surface area contributed by atoms with Gasteiger partial charge in [-0.1, -0.05) is 13.8 Å². The third kappa shape index (κ3) is 3.60. The van der Waals surface area contributed by atoms with Crippen molar-refractivity contribution in [1.82, 2.24) is 5.32 Å². The first-order chi connectivity index (χ1) is 7.91. The van der Waals surface area contributed by atoms with Gasteiger partial charge in [-0.05, 0) is 18.1 Å². The maximum absolute atomic E-state index is 11.5. The zero-order valence-corrected chi connectivity index (χ0v) is 9.77. The summed E-state index contributed by atoms with van der Waals surface area (Å²) < 4.78 is 4.98. The monoisotopic (exact) mass is 240 g/mol. The topological polar surface area (TPSA) is 106 Å². The van der Waals surface area contributed by atoms with E-state index in [-0.39, 0.29) is 24.1 Å². The highest BCUT2D eigenvalue weighted by Crippen LogP contribution is 2.07. The normalized spacial score (nSPS) is 12.5. The average Bonchev–Trinajstić information content (AvgIpc) is 2.73. The molecule has 0 saturated heterocycles. The fourth-order valence-electron chi connectivity index (χ4n) is 1.18. The van der Waals surface area contributed by atoms with Gasteiger partial charge in [-0.25, -0.2) is 4.79 Å². The molecule has 6 nitrogen and oxygen atoms in total. The van der Waals surface area contributed by atoms with E-state index in [1.165, 1.54) is 12.1 Å². The summed E-state index contributed by atoms with van der Waals surface area (Å²) in [5, 5.41) is 11.2. The number of carbonyl (C=O) groups is 2. The van der Waals surface area contributed by atoms with E-state index >= 15 is 0 Å². The quantitative estimate of drug-likeness (QED) is 0.698. The van der Waals surface area contributed by atoms with Crippen LogP contribution in [-0.4, -0.2) is 23.0 Å². The molecule has 0 saturated carbocycles. The van der Waals surface area contributed by atoms with Gasteiger partial charge in [0.2, 0.25) is 11.7 Å². The molecule has 0 aliphatic carbocycles. The summed E-state index contributed by atoms with van der Waals surface area (Å²) in [5.74, 6) is -1.15. The Morgan fingerprint density at radius 3 is 2.59 bits per heavy atom. The van der Waals surface area contributed by atoms with E-state index in [2.05, 4.69) is 5.32 Å². The predicted molar refractivity (Wildman–Crippen MR) is 60.3 cm³/mol. The number of hydrogen-bond donors (Lipinski definition) is 3. The van der Waals surface area contributed by atoms with Crippen molar-refractivity contribution in [3.05, 3.63) is 23.7 Å². The molecule has 0 radical (unpaired) electrons. The molecule has 6 heteroatoms. The highest BCUT2D eigenvalue weighted by Gasteiger charge is 2.17. The van der Waals surface area contributed by atoms with Gasteiger partial charge in [-0.3, -0.25) is 4.79 Å². The molecule has 1 heterocycles. The van der Waals surface area contributed by atoms with Crippen LogP contribution in [-0.2, 0) is 11.3 Å². The molecule has 0 fully saturated rings. The summed E-state index contributed by atoms with van der Waals surface area (Å²) in [6.45, 7) is 3.83. The number of carboxylic acids is 1. The van der Waals surface area contributed by atoms with Gasteiger partial charge in [-0.2, -0.15) is 0 Å². The van der Waals surface area contributed by atoms with E-state index in [9.17, 15) is 9.59 Å². The van der Waals surface area contributed by atoms with Crippen LogP contribution in [0.1, 0.15) is 30.2 Å². The molecule has 1 aromatic rings. The second-order valence-corrected chi connectivity index (χ2v) is 4.06. The second kappa shape index (κ2) is 5.49. The van der Waals surface area contributed by atoms with Crippen molar-refractivity contribution < 1.29 is 19.1 Å². The molecule has 1 rings (SSSR count). The summed E-state index contributed by atoms with van der Waals surface area (Å²) in [5.41, 5.74) is 5.64. The van der Waals surface area contributed by atoms with Gasteiger partial charge >= 0.3 is 5.97 Å². The first kappa shape index (κ1) is 13.2. The minimum absolute atomic E-state index is 0.0428. The van der Waals surface area contributed by atoms with Crippen molar-refractivity contribution in [2.24, 2.45) is 11.7 Å². The van der Waals surface area contributed by atoms with Gasteiger partial charge in [0.05, 0.1) is 12.6 Å². The number of carbonyl (C=O) groups excluding carboxylic acids is 1. The molecule has 17 heavy (non-hydrogen) atoms. The molecule has 1 atom stereocenters. The van der Waals surface area contributed by atoms with Crippen LogP contribution in [0.15, 0.2) is 16.5 Å². The molecule has 1 aromatic heterocycles. The Labute approximate surface area is 98.8 Å². The lowest BCUT2D eigenvalue weighted by atomic mass is 10.1. The lowest BCUT2D eigenvalue weighted by molar-refractivity contribution is -0.123. The summed E-state index contributed by atoms with van der Waals surface area (Å²) in [7, 11) is 0. The van der Waals surface area contributed by atoms with Crippen molar-refractivity contribution in [2.45, 2.75) is 26.4 Å². The van der Waals surface area contributed by atoms with Crippen molar-refractivity contribution in [2.75, 3.05) is 0 Å². The Bertz CT molecular complexity index is 411. The number of hydrogen-bond acceptors (Lipinski definition) is 4. The Morgan fingerprint density at radius 1 is 1.47 bits per heavy atom. The molecule has 0 aromatic carbocycles. The fraction of sp³-hybridized carbons (Fsp3) is 0.455. The molecule has 1 unspecified atom stereocenters. The SMILES string of the molecule is CC(C)C(N)C(=O)NCc1ccc(C(=O)O)o1. The van der Waals surface area contributed by atoms with Crippen molar-refractivity contribution in [3.63, 3.8) is 0 Å². The van der Waals surface area contributed by atoms with Gasteiger partial charge in [-0.15, -0.1) is 0 Å². The van der Waals surface area contributed by atoms with Crippen molar-refractivity contribution in [1.29, 1.82) is 0 Å². The van der Waals surface area contributed by atoms with E-state index in [4.69, 9.17) is 15.3 Å². The molecule has 1 amide bonds. The fourth-order valence-corrected chi connectivity index (χ4v) is 1.18. The van der Waals surface area contributed by atoms with Crippen LogP contribution >= 0.6 is 0 Å². The zero-order chi connectivity index (χ0) is 13.0. The lowest BCUT2D eigenvalue weighted by Crippen LogP contribution is -2.43. The van der Waals surface area contributed by atoms with Crippen molar-refractivity contribution >= 4 is 11.9 Å². The largest absolute Gasteiger partial charge is 0.475 e. The molecule has 4 N–H and O–H groups in total. The summed E-state index contributed by atoms with van der Waals surface area (Å²) in [6, 6.07) is 2.26. The summed E-state index contributed by atoms with van der Waals surface area (Å²) in [4.78, 5) is 22.1. The maximum atomic E-state index is 11.5. The van der Waals surface area contributed by atoms with E-state index in [0.717, 1.165) is 0 Å². The number of nitrogens with two attached hydrogens (primary N) is 1. The minimum atomic E-state index is -1.14. The number of amides is 1. The number of rotatable bonds is 5. The van der Waals surface area contributed by atoms with Crippen LogP contribution in [0.5, 0.6) is 0 Å². The molecule has 94 valence electrons. The number of nitrogens with one attached hydrogen (secondary N) is 1. The van der Waals surface area contributed by atoms with Crippen LogP contribution < -0.4 is 11.1 Å². The van der Waals surface area contributed by atoms with E-state index in [1.807, 2.05) is 13.8 Å². The number of furan rings is 1. The van der Waals surface area contributed by atoms with Gasteiger partial charge in [0.1, 0.15) is 5.76 Å². The van der Waals surface area contributed by atoms with Crippen LogP contribution in [0.25, 0.3) is 0 Å². The summed E-state index contributed by atoms with van der Waals surface area (Å²) in [6.07, 6.45) is 0. The standard InChI is InChI=1S/C11H16N2O4/c1-6(2)9(12)10(14)13-5-7-3-4-8(17-7)11(15)16/h3-4,6,9H,5,12H2,1-2H3,(H,13,14)(H,15,16). The van der Waals surface area contributed by atoms with Crippen molar-refractivity contribution in [3.8, 4) is 0 Å². The van der Waals surface area contributed by atoms with Crippen LogP contribution in [0.4, 0.5) is 0 Å². The molecule has 0 aliphatic heterocycles. The van der Waals surface area contributed by atoms with Crippen LogP contribution in [0.3, 0.4) is 0 Å². The number of carboxylic acid groups (broad SMARTS) is 1. The lowest BCUT2D eigenvalue weighted by Gasteiger charge is -2.14. The summed E-state index contributed by atoms with van der Waals surface area (Å²) >= 11 is 0. The molecular weight excluding hydrogens is 224 g/mol. The maximum Gasteiger partial charge on any atom is 0.371 e. The van der Waals surface area contributed by atoms with E-state index < -0.39 is 12.0 Å². The highest BCUT2D eigenvalue weighted by atomic mass is 16.4. The van der Waals surface area contributed by atoms with E-state index in [1.54, 1.807) is 0 Å². The molecular formula is C11H16N2O4. The van der Waals surface area contributed by atoms with Crippen LogP contribution in [0.2, 0.25) is 0 Å². The van der Waals surface area contributed by atoms with E-state index in [0.29, 0.717) is 5.76 Å². The third-order valence-electron chi connectivity index (χ3n) is 2.33. The first-order valence-corrected chi connectivity index (χ1v) is 5.27. The predicted octanol–water partition coefficient (Wildman–Crippen LogP) is 0.577. The van der Waals surface area contributed by atoms with Gasteiger partial charge in [0.25, 0.3) is 0 Å². The van der Waals surface area contributed by atoms with Gasteiger partial charge in [0.15, 0.2) is 0 Å². The van der Waals surface area contributed by atoms with Gasteiger partial charge in [0, 0.05) is 0 Å².